The number of hydrogen-bond donors (Lipinski definition) is 3. The molecular weight excluding hydrogens is 350 g/mol. The topological polar surface area (TPSA) is 78.6 Å². The van der Waals surface area contributed by atoms with Crippen molar-refractivity contribution in [3.8, 4) is 0 Å². The van der Waals surface area contributed by atoms with E-state index in [1.165, 1.54) is 0 Å². The van der Waals surface area contributed by atoms with Gasteiger partial charge in [0.05, 0.1) is 11.2 Å². The largest absolute Gasteiger partial charge is 0.398 e. The third kappa shape index (κ3) is 4.36. The van der Waals surface area contributed by atoms with Crippen LogP contribution in [0, 0.1) is 0 Å². The highest BCUT2D eigenvalue weighted by Gasteiger charge is 2.33. The van der Waals surface area contributed by atoms with Crippen LogP contribution in [0.4, 0.5) is 5.69 Å². The standard InChI is InChI=1S/C20H24ClN3O2/c21-16-7-5-15(6-8-16)20(26)9-12-24(13-10-20)14-11-23-19(25)17-3-1-2-4-18(17)22/h1-8,26H,9-14,22H2,(H,23,25). The molecule has 0 bridgehead atoms. The van der Waals surface area contributed by atoms with Gasteiger partial charge in [0, 0.05) is 36.9 Å². The van der Waals surface area contributed by atoms with Gasteiger partial charge in [-0.3, -0.25) is 4.79 Å². The van der Waals surface area contributed by atoms with Crippen LogP contribution in [0.5, 0.6) is 0 Å². The molecule has 2 aromatic rings. The number of nitrogens with two attached hydrogens (primary N) is 1. The second-order valence-corrected chi connectivity index (χ2v) is 7.16. The Kier molecular flexibility index (Phi) is 5.81. The Morgan fingerprint density at radius 3 is 2.46 bits per heavy atom. The highest BCUT2D eigenvalue weighted by molar-refractivity contribution is 6.30. The van der Waals surface area contributed by atoms with Crippen LogP contribution >= 0.6 is 11.6 Å². The second-order valence-electron chi connectivity index (χ2n) is 6.72. The van der Waals surface area contributed by atoms with Gasteiger partial charge in [-0.05, 0) is 42.7 Å². The highest BCUT2D eigenvalue weighted by Crippen LogP contribution is 2.33. The Hall–Kier alpha value is -2.08. The molecule has 0 saturated carbocycles. The van der Waals surface area contributed by atoms with Crippen LogP contribution in [0.3, 0.4) is 0 Å². The van der Waals surface area contributed by atoms with Gasteiger partial charge in [-0.15, -0.1) is 0 Å². The minimum atomic E-state index is -0.803. The molecule has 0 aliphatic carbocycles. The van der Waals surface area contributed by atoms with E-state index in [-0.39, 0.29) is 5.91 Å². The number of rotatable bonds is 5. The number of likely N-dealkylation sites (tertiary alicyclic amines) is 1. The number of nitrogens with one attached hydrogen (secondary N) is 1. The zero-order valence-corrected chi connectivity index (χ0v) is 15.4. The van der Waals surface area contributed by atoms with Crippen molar-refractivity contribution in [3.63, 3.8) is 0 Å². The minimum absolute atomic E-state index is 0.155. The average Bonchev–Trinajstić information content (AvgIpc) is 2.64. The number of nitrogens with zero attached hydrogens (tertiary/aromatic N) is 1. The fraction of sp³-hybridized carbons (Fsp3) is 0.350. The fourth-order valence-corrected chi connectivity index (χ4v) is 3.45. The number of amides is 1. The average molecular weight is 374 g/mol. The van der Waals surface area contributed by atoms with Crippen LogP contribution in [0.25, 0.3) is 0 Å². The smallest absolute Gasteiger partial charge is 0.253 e. The first-order valence-corrected chi connectivity index (χ1v) is 9.19. The summed E-state index contributed by atoms with van der Waals surface area (Å²) in [4.78, 5) is 14.4. The van der Waals surface area contributed by atoms with E-state index in [2.05, 4.69) is 10.2 Å². The predicted molar refractivity (Wildman–Crippen MR) is 104 cm³/mol. The first-order chi connectivity index (χ1) is 12.5. The summed E-state index contributed by atoms with van der Waals surface area (Å²) in [5.41, 5.74) is 6.92. The number of hydrogen-bond acceptors (Lipinski definition) is 4. The van der Waals surface area contributed by atoms with Crippen molar-refractivity contribution in [2.24, 2.45) is 0 Å². The zero-order chi connectivity index (χ0) is 18.6. The van der Waals surface area contributed by atoms with Gasteiger partial charge < -0.3 is 21.1 Å². The van der Waals surface area contributed by atoms with E-state index >= 15 is 0 Å². The van der Waals surface area contributed by atoms with Crippen molar-refractivity contribution < 1.29 is 9.90 Å². The van der Waals surface area contributed by atoms with E-state index in [4.69, 9.17) is 17.3 Å². The van der Waals surface area contributed by atoms with Crippen molar-refractivity contribution in [2.45, 2.75) is 18.4 Å². The van der Waals surface area contributed by atoms with Gasteiger partial charge in [0.15, 0.2) is 0 Å². The summed E-state index contributed by atoms with van der Waals surface area (Å²) in [7, 11) is 0. The quantitative estimate of drug-likeness (QED) is 0.704. The molecule has 0 unspecified atom stereocenters. The van der Waals surface area contributed by atoms with Gasteiger partial charge in [0.25, 0.3) is 5.91 Å². The molecule has 1 fully saturated rings. The molecule has 4 N–H and O–H groups in total. The summed E-state index contributed by atoms with van der Waals surface area (Å²) in [6, 6.07) is 14.5. The summed E-state index contributed by atoms with van der Waals surface area (Å²) in [6.07, 6.45) is 1.32. The van der Waals surface area contributed by atoms with E-state index in [1.807, 2.05) is 30.3 Å². The maximum atomic E-state index is 12.2. The zero-order valence-electron chi connectivity index (χ0n) is 14.6. The fourth-order valence-electron chi connectivity index (χ4n) is 3.32. The summed E-state index contributed by atoms with van der Waals surface area (Å²) in [6.45, 7) is 2.85. The highest BCUT2D eigenvalue weighted by atomic mass is 35.5. The number of anilines is 1. The lowest BCUT2D eigenvalue weighted by Crippen LogP contribution is -2.45. The molecule has 5 nitrogen and oxygen atoms in total. The number of aliphatic hydroxyl groups is 1. The molecule has 3 rings (SSSR count). The van der Waals surface area contributed by atoms with Crippen molar-refractivity contribution in [1.82, 2.24) is 10.2 Å². The maximum Gasteiger partial charge on any atom is 0.253 e. The molecule has 1 heterocycles. The van der Waals surface area contributed by atoms with Gasteiger partial charge in [-0.1, -0.05) is 35.9 Å². The van der Waals surface area contributed by atoms with E-state index in [0.29, 0.717) is 35.7 Å². The summed E-state index contributed by atoms with van der Waals surface area (Å²) < 4.78 is 0. The Bertz CT molecular complexity index is 756. The lowest BCUT2D eigenvalue weighted by atomic mass is 9.84. The molecule has 2 aromatic carbocycles. The predicted octanol–water partition coefficient (Wildman–Crippen LogP) is 2.64. The van der Waals surface area contributed by atoms with Gasteiger partial charge in [0.2, 0.25) is 0 Å². The minimum Gasteiger partial charge on any atom is -0.398 e. The first kappa shape index (κ1) is 18.7. The van der Waals surface area contributed by atoms with Gasteiger partial charge in [-0.2, -0.15) is 0 Å². The molecule has 0 radical (unpaired) electrons. The second kappa shape index (κ2) is 8.08. The number of carbonyl (C=O) groups excluding carboxylic acids is 1. The van der Waals surface area contributed by atoms with Crippen LogP contribution in [-0.2, 0) is 5.60 Å². The van der Waals surface area contributed by atoms with Crippen LogP contribution in [-0.4, -0.2) is 42.1 Å². The number of carbonyl (C=O) groups is 1. The van der Waals surface area contributed by atoms with Crippen molar-refractivity contribution in [2.75, 3.05) is 31.9 Å². The number of halogens is 1. The molecule has 1 amide bonds. The molecule has 0 spiro atoms. The van der Waals surface area contributed by atoms with E-state index in [9.17, 15) is 9.90 Å². The Morgan fingerprint density at radius 1 is 1.15 bits per heavy atom. The Balaban J connectivity index is 1.46. The molecule has 26 heavy (non-hydrogen) atoms. The normalized spacial score (nSPS) is 17.0. The lowest BCUT2D eigenvalue weighted by Gasteiger charge is -2.38. The van der Waals surface area contributed by atoms with Crippen LogP contribution < -0.4 is 11.1 Å². The molecule has 0 aromatic heterocycles. The van der Waals surface area contributed by atoms with Crippen molar-refractivity contribution in [3.05, 3.63) is 64.7 Å². The number of benzene rings is 2. The van der Waals surface area contributed by atoms with Gasteiger partial charge in [0.1, 0.15) is 0 Å². The van der Waals surface area contributed by atoms with E-state index in [1.54, 1.807) is 18.2 Å². The molecule has 1 aliphatic rings. The SMILES string of the molecule is Nc1ccccc1C(=O)NCCN1CCC(O)(c2ccc(Cl)cc2)CC1. The summed E-state index contributed by atoms with van der Waals surface area (Å²) >= 11 is 5.92. The van der Waals surface area contributed by atoms with Crippen molar-refractivity contribution in [1.29, 1.82) is 0 Å². The van der Waals surface area contributed by atoms with E-state index < -0.39 is 5.60 Å². The molecular formula is C20H24ClN3O2. The third-order valence-electron chi connectivity index (χ3n) is 4.98. The van der Waals surface area contributed by atoms with Crippen LogP contribution in [0.1, 0.15) is 28.8 Å². The van der Waals surface area contributed by atoms with Gasteiger partial charge in [-0.25, -0.2) is 0 Å². The monoisotopic (exact) mass is 373 g/mol. The molecule has 138 valence electrons. The van der Waals surface area contributed by atoms with E-state index in [0.717, 1.165) is 25.2 Å². The number of nitrogen functional groups attached to an aromatic ring is 1. The Labute approximate surface area is 158 Å². The third-order valence-corrected chi connectivity index (χ3v) is 5.24. The van der Waals surface area contributed by atoms with Crippen LogP contribution in [0.2, 0.25) is 5.02 Å². The molecule has 1 saturated heterocycles. The Morgan fingerprint density at radius 2 is 1.81 bits per heavy atom. The van der Waals surface area contributed by atoms with Crippen LogP contribution in [0.15, 0.2) is 48.5 Å². The lowest BCUT2D eigenvalue weighted by molar-refractivity contribution is -0.0255. The molecule has 6 heteroatoms. The molecule has 0 atom stereocenters. The van der Waals surface area contributed by atoms with Gasteiger partial charge >= 0.3 is 0 Å². The number of para-hydroxylation sites is 1. The first-order valence-electron chi connectivity index (χ1n) is 8.81. The van der Waals surface area contributed by atoms with Crippen molar-refractivity contribution >= 4 is 23.2 Å². The summed E-state index contributed by atoms with van der Waals surface area (Å²) in [5.74, 6) is -0.155. The summed E-state index contributed by atoms with van der Waals surface area (Å²) in [5, 5.41) is 14.5. The maximum absolute atomic E-state index is 12.2. The number of piperidine rings is 1. The molecule has 1 aliphatic heterocycles.